The average molecular weight is 449 g/mol. The number of nitrogens with one attached hydrogen (secondary N) is 1. The molecule has 2 aromatic rings. The summed E-state index contributed by atoms with van der Waals surface area (Å²) in [6, 6.07) is 9.97. The fourth-order valence-corrected chi connectivity index (χ4v) is 5.10. The standard InChI is InChI=1S/C22H25ClN2O4S/c1-4-22(27)25-15(3)11-16-12-18(7-8-20(16)25)30(28,29)10-9-21(26)24-19-13-17(23)6-5-14(19)2/h5-8,12-13,15H,4,9-11H2,1-3H3,(H,24,26)/t15-/m0/s1. The molecule has 2 amide bonds. The molecule has 1 aliphatic rings. The van der Waals surface area contributed by atoms with Crippen molar-refractivity contribution < 1.29 is 18.0 Å². The number of fused-ring (bicyclic) bond motifs is 1. The number of hydrogen-bond acceptors (Lipinski definition) is 4. The van der Waals surface area contributed by atoms with Gasteiger partial charge in [0.1, 0.15) is 0 Å². The number of benzene rings is 2. The van der Waals surface area contributed by atoms with Crippen LogP contribution in [0.15, 0.2) is 41.3 Å². The molecule has 1 atom stereocenters. The highest BCUT2D eigenvalue weighted by molar-refractivity contribution is 7.91. The van der Waals surface area contributed by atoms with E-state index in [9.17, 15) is 18.0 Å². The lowest BCUT2D eigenvalue weighted by atomic mass is 10.1. The summed E-state index contributed by atoms with van der Waals surface area (Å²) in [5.74, 6) is -0.673. The van der Waals surface area contributed by atoms with Gasteiger partial charge in [0.15, 0.2) is 9.84 Å². The second-order valence-corrected chi connectivity index (χ2v) is 10.1. The van der Waals surface area contributed by atoms with Gasteiger partial charge in [0.05, 0.1) is 10.6 Å². The Kier molecular flexibility index (Phi) is 6.53. The third-order valence-electron chi connectivity index (χ3n) is 5.27. The van der Waals surface area contributed by atoms with E-state index < -0.39 is 15.7 Å². The van der Waals surface area contributed by atoms with Crippen LogP contribution in [-0.4, -0.2) is 32.0 Å². The molecule has 160 valence electrons. The highest BCUT2D eigenvalue weighted by atomic mass is 35.5. The molecular formula is C22H25ClN2O4S. The van der Waals surface area contributed by atoms with Crippen LogP contribution in [0.1, 0.15) is 37.8 Å². The van der Waals surface area contributed by atoms with Crippen molar-refractivity contribution in [2.24, 2.45) is 0 Å². The van der Waals surface area contributed by atoms with Gasteiger partial charge in [-0.15, -0.1) is 0 Å². The largest absolute Gasteiger partial charge is 0.326 e. The number of amides is 2. The molecule has 0 saturated heterocycles. The number of carbonyl (C=O) groups excluding carboxylic acids is 2. The molecule has 0 unspecified atom stereocenters. The van der Waals surface area contributed by atoms with Crippen LogP contribution in [0, 0.1) is 6.92 Å². The van der Waals surface area contributed by atoms with Crippen molar-refractivity contribution in [2.45, 2.75) is 51.0 Å². The van der Waals surface area contributed by atoms with Crippen LogP contribution in [0.2, 0.25) is 5.02 Å². The van der Waals surface area contributed by atoms with E-state index >= 15 is 0 Å². The second-order valence-electron chi connectivity index (χ2n) is 7.54. The molecular weight excluding hydrogens is 424 g/mol. The van der Waals surface area contributed by atoms with Crippen molar-refractivity contribution in [3.63, 3.8) is 0 Å². The van der Waals surface area contributed by atoms with Gasteiger partial charge in [0, 0.05) is 35.3 Å². The fraction of sp³-hybridized carbons (Fsp3) is 0.364. The summed E-state index contributed by atoms with van der Waals surface area (Å²) in [5, 5.41) is 3.21. The molecule has 6 nitrogen and oxygen atoms in total. The van der Waals surface area contributed by atoms with Crippen molar-refractivity contribution in [2.75, 3.05) is 16.0 Å². The summed E-state index contributed by atoms with van der Waals surface area (Å²) in [7, 11) is -3.64. The van der Waals surface area contributed by atoms with E-state index in [0.717, 1.165) is 16.8 Å². The Labute approximate surface area is 182 Å². The first-order chi connectivity index (χ1) is 14.1. The molecule has 0 fully saturated rings. The summed E-state index contributed by atoms with van der Waals surface area (Å²) in [4.78, 5) is 26.4. The number of halogens is 1. The predicted octanol–water partition coefficient (Wildman–Crippen LogP) is 4.14. The molecule has 1 N–H and O–H groups in total. The number of hydrogen-bond donors (Lipinski definition) is 1. The van der Waals surface area contributed by atoms with Gasteiger partial charge in [0.2, 0.25) is 11.8 Å². The zero-order chi connectivity index (χ0) is 22.1. The number of nitrogens with zero attached hydrogens (tertiary/aromatic N) is 1. The van der Waals surface area contributed by atoms with Gasteiger partial charge in [-0.2, -0.15) is 0 Å². The Morgan fingerprint density at radius 2 is 1.93 bits per heavy atom. The van der Waals surface area contributed by atoms with Crippen LogP contribution in [0.4, 0.5) is 11.4 Å². The van der Waals surface area contributed by atoms with Gasteiger partial charge < -0.3 is 10.2 Å². The lowest BCUT2D eigenvalue weighted by Gasteiger charge is -2.22. The van der Waals surface area contributed by atoms with Gasteiger partial charge in [-0.1, -0.05) is 24.6 Å². The predicted molar refractivity (Wildman–Crippen MR) is 119 cm³/mol. The average Bonchev–Trinajstić information content (AvgIpc) is 3.03. The number of sulfone groups is 1. The van der Waals surface area contributed by atoms with Crippen LogP contribution in [0.3, 0.4) is 0 Å². The van der Waals surface area contributed by atoms with Gasteiger partial charge in [0.25, 0.3) is 0 Å². The topological polar surface area (TPSA) is 83.6 Å². The highest BCUT2D eigenvalue weighted by Gasteiger charge is 2.31. The lowest BCUT2D eigenvalue weighted by molar-refractivity contribution is -0.118. The zero-order valence-corrected chi connectivity index (χ0v) is 18.8. The van der Waals surface area contributed by atoms with Crippen molar-refractivity contribution in [1.29, 1.82) is 0 Å². The Morgan fingerprint density at radius 3 is 2.63 bits per heavy atom. The van der Waals surface area contributed by atoms with E-state index in [0.29, 0.717) is 23.6 Å². The Morgan fingerprint density at radius 1 is 1.20 bits per heavy atom. The monoisotopic (exact) mass is 448 g/mol. The second kappa shape index (κ2) is 8.78. The molecule has 1 heterocycles. The summed E-state index contributed by atoms with van der Waals surface area (Å²) < 4.78 is 25.6. The van der Waals surface area contributed by atoms with E-state index in [1.807, 2.05) is 20.8 Å². The minimum Gasteiger partial charge on any atom is -0.326 e. The normalized spacial score (nSPS) is 15.7. The quantitative estimate of drug-likeness (QED) is 0.719. The highest BCUT2D eigenvalue weighted by Crippen LogP contribution is 2.34. The Bertz CT molecular complexity index is 1100. The fourth-order valence-electron chi connectivity index (χ4n) is 3.64. The molecule has 0 spiro atoms. The van der Waals surface area contributed by atoms with E-state index in [1.54, 1.807) is 35.2 Å². The summed E-state index contributed by atoms with van der Waals surface area (Å²) in [6.07, 6.45) is 0.840. The third-order valence-corrected chi connectivity index (χ3v) is 7.22. The molecule has 8 heteroatoms. The van der Waals surface area contributed by atoms with E-state index in [1.165, 1.54) is 6.07 Å². The van der Waals surface area contributed by atoms with Crippen LogP contribution in [0.5, 0.6) is 0 Å². The zero-order valence-electron chi connectivity index (χ0n) is 17.2. The third kappa shape index (κ3) is 4.68. The summed E-state index contributed by atoms with van der Waals surface area (Å²) >= 11 is 5.95. The Hall–Kier alpha value is -2.38. The molecule has 2 aromatic carbocycles. The van der Waals surface area contributed by atoms with Crippen molar-refractivity contribution >= 4 is 44.6 Å². The maximum atomic E-state index is 12.8. The minimum absolute atomic E-state index is 0.00267. The SMILES string of the molecule is CCC(=O)N1c2ccc(S(=O)(=O)CCC(=O)Nc3cc(Cl)ccc3C)cc2C[C@@H]1C. The van der Waals surface area contributed by atoms with Crippen molar-refractivity contribution in [3.8, 4) is 0 Å². The van der Waals surface area contributed by atoms with Crippen LogP contribution in [-0.2, 0) is 25.8 Å². The van der Waals surface area contributed by atoms with E-state index in [2.05, 4.69) is 5.32 Å². The van der Waals surface area contributed by atoms with Gasteiger partial charge >= 0.3 is 0 Å². The molecule has 1 aliphatic heterocycles. The first-order valence-electron chi connectivity index (χ1n) is 9.86. The smallest absolute Gasteiger partial charge is 0.226 e. The van der Waals surface area contributed by atoms with E-state index in [-0.39, 0.29) is 29.0 Å². The number of aryl methyl sites for hydroxylation is 1. The van der Waals surface area contributed by atoms with Gasteiger partial charge in [-0.25, -0.2) is 8.42 Å². The van der Waals surface area contributed by atoms with E-state index in [4.69, 9.17) is 11.6 Å². The molecule has 0 aliphatic carbocycles. The van der Waals surface area contributed by atoms with Gasteiger partial charge in [-0.3, -0.25) is 9.59 Å². The molecule has 0 bridgehead atoms. The molecule has 30 heavy (non-hydrogen) atoms. The van der Waals surface area contributed by atoms with Crippen molar-refractivity contribution in [3.05, 3.63) is 52.5 Å². The summed E-state index contributed by atoms with van der Waals surface area (Å²) in [5.41, 5.74) is 3.01. The number of carbonyl (C=O) groups is 2. The van der Waals surface area contributed by atoms with Gasteiger partial charge in [-0.05, 0) is 61.7 Å². The molecule has 3 rings (SSSR count). The maximum Gasteiger partial charge on any atom is 0.226 e. The maximum absolute atomic E-state index is 12.8. The van der Waals surface area contributed by atoms with Crippen molar-refractivity contribution in [1.82, 2.24) is 0 Å². The number of anilines is 2. The molecule has 0 aromatic heterocycles. The Balaban J connectivity index is 1.71. The first-order valence-corrected chi connectivity index (χ1v) is 11.9. The molecule has 0 radical (unpaired) electrons. The van der Waals surface area contributed by atoms with Crippen LogP contribution in [0.25, 0.3) is 0 Å². The molecule has 0 saturated carbocycles. The number of rotatable bonds is 6. The summed E-state index contributed by atoms with van der Waals surface area (Å²) in [6.45, 7) is 5.59. The first kappa shape index (κ1) is 22.3. The minimum atomic E-state index is -3.64. The lowest BCUT2D eigenvalue weighted by Crippen LogP contribution is -2.35. The van der Waals surface area contributed by atoms with Crippen LogP contribution < -0.4 is 10.2 Å². The van der Waals surface area contributed by atoms with Crippen LogP contribution >= 0.6 is 11.6 Å².